The second-order valence-electron chi connectivity index (χ2n) is 5.95. The normalized spacial score (nSPS) is 15.3. The number of rotatable bonds is 3. The molecular formula is C19H18FN3O2. The molecule has 2 aromatic carbocycles. The molecule has 3 aromatic rings. The summed E-state index contributed by atoms with van der Waals surface area (Å²) in [5.74, 6) is -0.370. The van der Waals surface area contributed by atoms with E-state index in [0.717, 1.165) is 37.7 Å². The monoisotopic (exact) mass is 339 g/mol. The molecule has 0 saturated carbocycles. The predicted molar refractivity (Wildman–Crippen MR) is 96.6 cm³/mol. The second-order valence-corrected chi connectivity index (χ2v) is 5.95. The largest absolute Gasteiger partial charge is 0.494 e. The SMILES string of the molecule is Oc1[nH]c2ccc(F)cc2c1C=Nc1ccc(N2CCOCC2)cc1. The number of fused-ring (bicyclic) bond motifs is 1. The number of benzene rings is 2. The van der Waals surface area contributed by atoms with Crippen LogP contribution in [0.4, 0.5) is 15.8 Å². The minimum atomic E-state index is -0.351. The maximum Gasteiger partial charge on any atom is 0.198 e. The van der Waals surface area contributed by atoms with Gasteiger partial charge in [-0.05, 0) is 42.5 Å². The van der Waals surface area contributed by atoms with Gasteiger partial charge in [0.25, 0.3) is 0 Å². The second kappa shape index (κ2) is 6.57. The number of nitrogens with zero attached hydrogens (tertiary/aromatic N) is 2. The quantitative estimate of drug-likeness (QED) is 0.717. The van der Waals surface area contributed by atoms with Crippen LogP contribution in [-0.4, -0.2) is 42.6 Å². The average molecular weight is 339 g/mol. The molecule has 0 radical (unpaired) electrons. The molecule has 0 bridgehead atoms. The maximum absolute atomic E-state index is 13.5. The van der Waals surface area contributed by atoms with Gasteiger partial charge in [-0.25, -0.2) is 4.39 Å². The van der Waals surface area contributed by atoms with Gasteiger partial charge in [0.05, 0.1) is 24.5 Å². The first-order chi connectivity index (χ1) is 12.2. The van der Waals surface area contributed by atoms with Gasteiger partial charge in [0.2, 0.25) is 0 Å². The predicted octanol–water partition coefficient (Wildman–Crippen LogP) is 3.60. The van der Waals surface area contributed by atoms with Crippen LogP contribution in [0.3, 0.4) is 0 Å². The van der Waals surface area contributed by atoms with Crippen LogP contribution in [0.2, 0.25) is 0 Å². The van der Waals surface area contributed by atoms with Crippen LogP contribution in [-0.2, 0) is 4.74 Å². The zero-order chi connectivity index (χ0) is 17.2. The number of aromatic hydroxyl groups is 1. The summed E-state index contributed by atoms with van der Waals surface area (Å²) in [6, 6.07) is 12.2. The van der Waals surface area contributed by atoms with Crippen molar-refractivity contribution in [3.63, 3.8) is 0 Å². The van der Waals surface area contributed by atoms with Gasteiger partial charge in [-0.1, -0.05) is 0 Å². The molecule has 0 spiro atoms. The van der Waals surface area contributed by atoms with Crippen LogP contribution in [0, 0.1) is 5.82 Å². The maximum atomic E-state index is 13.5. The number of aliphatic imine (C=N–C) groups is 1. The van der Waals surface area contributed by atoms with Gasteiger partial charge in [0, 0.05) is 35.9 Å². The molecule has 1 fully saturated rings. The van der Waals surface area contributed by atoms with Gasteiger partial charge in [-0.3, -0.25) is 4.99 Å². The Kier molecular flexibility index (Phi) is 4.11. The number of ether oxygens (including phenoxy) is 1. The van der Waals surface area contributed by atoms with E-state index in [4.69, 9.17) is 4.74 Å². The summed E-state index contributed by atoms with van der Waals surface area (Å²) in [6.07, 6.45) is 1.55. The molecule has 5 nitrogen and oxygen atoms in total. The molecule has 4 rings (SSSR count). The van der Waals surface area contributed by atoms with Gasteiger partial charge >= 0.3 is 0 Å². The van der Waals surface area contributed by atoms with Crippen LogP contribution in [0.15, 0.2) is 47.5 Å². The van der Waals surface area contributed by atoms with E-state index in [1.54, 1.807) is 12.3 Å². The lowest BCUT2D eigenvalue weighted by Gasteiger charge is -2.28. The Bertz CT molecular complexity index is 912. The lowest BCUT2D eigenvalue weighted by Crippen LogP contribution is -2.36. The van der Waals surface area contributed by atoms with E-state index in [2.05, 4.69) is 14.9 Å². The fourth-order valence-electron chi connectivity index (χ4n) is 3.01. The van der Waals surface area contributed by atoms with Crippen molar-refractivity contribution in [1.29, 1.82) is 0 Å². The van der Waals surface area contributed by atoms with Crippen molar-refractivity contribution in [3.8, 4) is 5.88 Å². The summed E-state index contributed by atoms with van der Waals surface area (Å²) in [5.41, 5.74) is 3.05. The third-order valence-electron chi connectivity index (χ3n) is 4.35. The molecule has 1 aromatic heterocycles. The van der Waals surface area contributed by atoms with Gasteiger partial charge in [0.15, 0.2) is 5.88 Å². The number of nitrogens with one attached hydrogen (secondary N) is 1. The van der Waals surface area contributed by atoms with Crippen molar-refractivity contribution in [2.75, 3.05) is 31.2 Å². The van der Waals surface area contributed by atoms with Crippen LogP contribution < -0.4 is 4.90 Å². The Hall–Kier alpha value is -2.86. The van der Waals surface area contributed by atoms with Crippen LogP contribution in [0.1, 0.15) is 5.56 Å². The van der Waals surface area contributed by atoms with E-state index in [0.29, 0.717) is 16.5 Å². The minimum absolute atomic E-state index is 0.0192. The van der Waals surface area contributed by atoms with E-state index in [1.165, 1.54) is 12.1 Å². The lowest BCUT2D eigenvalue weighted by atomic mass is 10.2. The summed E-state index contributed by atoms with van der Waals surface area (Å²) in [7, 11) is 0. The first kappa shape index (κ1) is 15.7. The van der Waals surface area contributed by atoms with Gasteiger partial charge < -0.3 is 19.7 Å². The number of morpholine rings is 1. The fourth-order valence-corrected chi connectivity index (χ4v) is 3.01. The van der Waals surface area contributed by atoms with Crippen LogP contribution >= 0.6 is 0 Å². The highest BCUT2D eigenvalue weighted by Gasteiger charge is 2.11. The number of anilines is 1. The summed E-state index contributed by atoms with van der Waals surface area (Å²) in [4.78, 5) is 9.50. The van der Waals surface area contributed by atoms with Crippen LogP contribution in [0.5, 0.6) is 5.88 Å². The summed E-state index contributed by atoms with van der Waals surface area (Å²) in [6.45, 7) is 3.27. The van der Waals surface area contributed by atoms with Gasteiger partial charge in [0.1, 0.15) is 5.82 Å². The summed E-state index contributed by atoms with van der Waals surface area (Å²) in [5, 5.41) is 10.6. The van der Waals surface area contributed by atoms with Crippen molar-refractivity contribution in [2.45, 2.75) is 0 Å². The molecule has 1 aliphatic rings. The smallest absolute Gasteiger partial charge is 0.198 e. The molecule has 0 amide bonds. The lowest BCUT2D eigenvalue weighted by molar-refractivity contribution is 0.122. The number of aromatic nitrogens is 1. The number of halogens is 1. The van der Waals surface area contributed by atoms with Crippen molar-refractivity contribution < 1.29 is 14.2 Å². The molecule has 0 unspecified atom stereocenters. The highest BCUT2D eigenvalue weighted by molar-refractivity contribution is 6.02. The Morgan fingerprint density at radius 1 is 1.12 bits per heavy atom. The Balaban J connectivity index is 1.57. The number of H-pyrrole nitrogens is 1. The zero-order valence-electron chi connectivity index (χ0n) is 13.6. The average Bonchev–Trinajstić information content (AvgIpc) is 2.96. The molecule has 6 heteroatoms. The van der Waals surface area contributed by atoms with Crippen molar-refractivity contribution in [1.82, 2.24) is 4.98 Å². The van der Waals surface area contributed by atoms with Crippen molar-refractivity contribution in [2.24, 2.45) is 4.99 Å². The minimum Gasteiger partial charge on any atom is -0.494 e. The first-order valence-corrected chi connectivity index (χ1v) is 8.18. The van der Waals surface area contributed by atoms with Gasteiger partial charge in [-0.15, -0.1) is 0 Å². The van der Waals surface area contributed by atoms with E-state index >= 15 is 0 Å². The first-order valence-electron chi connectivity index (χ1n) is 8.18. The molecule has 128 valence electrons. The molecule has 1 aliphatic heterocycles. The third-order valence-corrected chi connectivity index (χ3v) is 4.35. The van der Waals surface area contributed by atoms with Gasteiger partial charge in [-0.2, -0.15) is 0 Å². The van der Waals surface area contributed by atoms with Crippen molar-refractivity contribution in [3.05, 3.63) is 53.8 Å². The molecule has 25 heavy (non-hydrogen) atoms. The Labute approximate surface area is 144 Å². The number of hydrogen-bond acceptors (Lipinski definition) is 4. The van der Waals surface area contributed by atoms with Crippen LogP contribution in [0.25, 0.3) is 10.9 Å². The van der Waals surface area contributed by atoms with E-state index < -0.39 is 0 Å². The number of hydrogen-bond donors (Lipinski definition) is 2. The summed E-state index contributed by atoms with van der Waals surface area (Å²) >= 11 is 0. The standard InChI is InChI=1S/C19H18FN3O2/c20-13-1-6-18-16(11-13)17(19(24)22-18)12-21-14-2-4-15(5-3-14)23-7-9-25-10-8-23/h1-6,11-12,22,24H,7-10H2. The Morgan fingerprint density at radius 3 is 2.64 bits per heavy atom. The molecule has 2 heterocycles. The Morgan fingerprint density at radius 2 is 1.88 bits per heavy atom. The number of aromatic amines is 1. The van der Waals surface area contributed by atoms with Crippen molar-refractivity contribution >= 4 is 28.5 Å². The van der Waals surface area contributed by atoms with E-state index in [1.807, 2.05) is 24.3 Å². The zero-order valence-corrected chi connectivity index (χ0v) is 13.6. The molecule has 0 aliphatic carbocycles. The highest BCUT2D eigenvalue weighted by atomic mass is 19.1. The summed E-state index contributed by atoms with van der Waals surface area (Å²) < 4.78 is 18.8. The fraction of sp³-hybridized carbons (Fsp3) is 0.211. The van der Waals surface area contributed by atoms with E-state index in [9.17, 15) is 9.50 Å². The molecule has 1 saturated heterocycles. The topological polar surface area (TPSA) is 60.8 Å². The van der Waals surface area contributed by atoms with E-state index in [-0.39, 0.29) is 11.7 Å². The molecule has 0 atom stereocenters. The highest BCUT2D eigenvalue weighted by Crippen LogP contribution is 2.27. The third kappa shape index (κ3) is 3.21. The molecular weight excluding hydrogens is 321 g/mol. The molecule has 2 N–H and O–H groups in total.